The minimum absolute atomic E-state index is 0.0343. The molecule has 0 bridgehead atoms. The molecule has 22 heavy (non-hydrogen) atoms. The topological polar surface area (TPSA) is 88.5 Å². The van der Waals surface area contributed by atoms with Crippen LogP contribution in [-0.2, 0) is 0 Å². The molecule has 0 saturated heterocycles. The molecular formula is C15H12ClN5O. The Kier molecular flexibility index (Phi) is 2.74. The fourth-order valence-corrected chi connectivity index (χ4v) is 2.81. The zero-order valence-corrected chi connectivity index (χ0v) is 12.1. The zero-order chi connectivity index (χ0) is 15.3. The van der Waals surface area contributed by atoms with Gasteiger partial charge < -0.3 is 10.8 Å². The van der Waals surface area contributed by atoms with Crippen LogP contribution in [0.2, 0.25) is 5.02 Å². The lowest BCUT2D eigenvalue weighted by Crippen LogP contribution is -2.31. The smallest absolute Gasteiger partial charge is 0.212 e. The first-order chi connectivity index (χ1) is 10.6. The summed E-state index contributed by atoms with van der Waals surface area (Å²) in [6, 6.07) is 12.8. The summed E-state index contributed by atoms with van der Waals surface area (Å²) in [5, 5.41) is 12.8. The maximum Gasteiger partial charge on any atom is 0.212 e. The Morgan fingerprint density at radius 1 is 1.23 bits per heavy atom. The Morgan fingerprint density at radius 3 is 2.86 bits per heavy atom. The molecule has 1 atom stereocenters. The van der Waals surface area contributed by atoms with Crippen LogP contribution in [0.4, 0.5) is 5.95 Å². The van der Waals surface area contributed by atoms with Gasteiger partial charge in [-0.15, -0.1) is 0 Å². The maximum absolute atomic E-state index is 9.60. The number of aromatic nitrogens is 2. The monoisotopic (exact) mass is 313 g/mol. The Balaban J connectivity index is 1.96. The molecule has 0 radical (unpaired) electrons. The highest BCUT2D eigenvalue weighted by Gasteiger charge is 2.25. The Labute approximate surface area is 130 Å². The summed E-state index contributed by atoms with van der Waals surface area (Å²) in [5.41, 5.74) is 8.48. The number of phenols is 1. The third-order valence-corrected chi connectivity index (χ3v) is 3.91. The number of anilines is 1. The van der Waals surface area contributed by atoms with E-state index in [0.29, 0.717) is 5.95 Å². The predicted octanol–water partition coefficient (Wildman–Crippen LogP) is 2.68. The van der Waals surface area contributed by atoms with E-state index in [1.165, 1.54) is 0 Å². The van der Waals surface area contributed by atoms with Crippen molar-refractivity contribution in [3.05, 3.63) is 53.1 Å². The second-order valence-electron chi connectivity index (χ2n) is 5.02. The number of hydrogen-bond donors (Lipinski definition) is 3. The number of guanidine groups is 1. The van der Waals surface area contributed by atoms with Gasteiger partial charge in [-0.25, -0.2) is 9.98 Å². The summed E-state index contributed by atoms with van der Waals surface area (Å²) in [5.74, 6) is 0.951. The zero-order valence-electron chi connectivity index (χ0n) is 11.4. The summed E-state index contributed by atoms with van der Waals surface area (Å²) >= 11 is 6.02. The third-order valence-electron chi connectivity index (χ3n) is 3.61. The van der Waals surface area contributed by atoms with E-state index in [2.05, 4.69) is 15.3 Å². The summed E-state index contributed by atoms with van der Waals surface area (Å²) in [7, 11) is 0. The number of nitrogens with zero attached hydrogens (tertiary/aromatic N) is 3. The first-order valence-electron chi connectivity index (χ1n) is 6.69. The van der Waals surface area contributed by atoms with Crippen LogP contribution in [0.5, 0.6) is 5.75 Å². The summed E-state index contributed by atoms with van der Waals surface area (Å²) in [4.78, 5) is 8.98. The number of nitrogens with two attached hydrogens (primary N) is 1. The van der Waals surface area contributed by atoms with Crippen molar-refractivity contribution in [1.82, 2.24) is 9.55 Å². The van der Waals surface area contributed by atoms with Crippen molar-refractivity contribution in [3.63, 3.8) is 0 Å². The van der Waals surface area contributed by atoms with Gasteiger partial charge in [-0.2, -0.15) is 0 Å². The van der Waals surface area contributed by atoms with E-state index in [4.69, 9.17) is 17.3 Å². The SMILES string of the molecule is NC1=N[C@@H](c2ccc(O)c(Cl)c2)n2c(nc3ccccc32)N1. The van der Waals surface area contributed by atoms with E-state index >= 15 is 0 Å². The van der Waals surface area contributed by atoms with Gasteiger partial charge in [0.2, 0.25) is 5.95 Å². The van der Waals surface area contributed by atoms with Crippen LogP contribution in [0.25, 0.3) is 11.0 Å². The maximum atomic E-state index is 9.60. The van der Waals surface area contributed by atoms with Crippen LogP contribution in [0, 0.1) is 0 Å². The number of imidazole rings is 1. The fourth-order valence-electron chi connectivity index (χ4n) is 2.62. The summed E-state index contributed by atoms with van der Waals surface area (Å²) in [6.07, 6.45) is -0.387. The minimum Gasteiger partial charge on any atom is -0.506 e. The lowest BCUT2D eigenvalue weighted by Gasteiger charge is -2.24. The molecule has 0 fully saturated rings. The van der Waals surface area contributed by atoms with Gasteiger partial charge in [-0.05, 0) is 29.8 Å². The molecule has 0 saturated carbocycles. The molecule has 1 aliphatic rings. The molecule has 4 N–H and O–H groups in total. The fraction of sp³-hybridized carbons (Fsp3) is 0.0667. The molecule has 4 rings (SSSR count). The Hall–Kier alpha value is -2.73. The first kappa shape index (κ1) is 13.0. The number of fused-ring (bicyclic) bond motifs is 3. The average Bonchev–Trinajstić information content (AvgIpc) is 2.87. The first-order valence-corrected chi connectivity index (χ1v) is 7.07. The van der Waals surface area contributed by atoms with E-state index < -0.39 is 0 Å². The van der Waals surface area contributed by atoms with Crippen LogP contribution in [0.15, 0.2) is 47.5 Å². The molecular weight excluding hydrogens is 302 g/mol. The lowest BCUT2D eigenvalue weighted by molar-refractivity contribution is 0.475. The van der Waals surface area contributed by atoms with E-state index in [0.717, 1.165) is 16.6 Å². The molecule has 0 aliphatic carbocycles. The molecule has 3 aromatic rings. The minimum atomic E-state index is -0.387. The van der Waals surface area contributed by atoms with Gasteiger partial charge in [0, 0.05) is 0 Å². The molecule has 2 aromatic carbocycles. The van der Waals surface area contributed by atoms with Gasteiger partial charge in [-0.3, -0.25) is 9.88 Å². The van der Waals surface area contributed by atoms with Crippen molar-refractivity contribution in [2.45, 2.75) is 6.17 Å². The van der Waals surface area contributed by atoms with E-state index in [-0.39, 0.29) is 22.9 Å². The quantitative estimate of drug-likeness (QED) is 0.644. The van der Waals surface area contributed by atoms with Crippen LogP contribution >= 0.6 is 11.6 Å². The highest BCUT2D eigenvalue weighted by atomic mass is 35.5. The average molecular weight is 314 g/mol. The molecule has 6 nitrogen and oxygen atoms in total. The number of hydrogen-bond acceptors (Lipinski definition) is 5. The van der Waals surface area contributed by atoms with Crippen molar-refractivity contribution in [2.75, 3.05) is 5.32 Å². The normalized spacial score (nSPS) is 17.0. The number of aliphatic imine (C=N–C) groups is 1. The number of para-hydroxylation sites is 2. The van der Waals surface area contributed by atoms with Gasteiger partial charge in [0.15, 0.2) is 12.1 Å². The molecule has 0 unspecified atom stereocenters. The number of halogens is 1. The Bertz CT molecular complexity index is 917. The number of nitrogens with one attached hydrogen (secondary N) is 1. The van der Waals surface area contributed by atoms with Gasteiger partial charge in [0.05, 0.1) is 16.1 Å². The standard InChI is InChI=1S/C15H12ClN5O/c16-9-7-8(5-6-12(9)22)13-19-14(17)20-15-18-10-3-1-2-4-11(10)21(13)15/h1-7,13,22H,(H3,17,18,19,20)/t13-/m1/s1. The van der Waals surface area contributed by atoms with Gasteiger partial charge in [0.1, 0.15) is 5.75 Å². The largest absolute Gasteiger partial charge is 0.506 e. The molecule has 2 heterocycles. The highest BCUT2D eigenvalue weighted by molar-refractivity contribution is 6.32. The van der Waals surface area contributed by atoms with Crippen LogP contribution < -0.4 is 11.1 Å². The number of phenolic OH excluding ortho intramolecular Hbond substituents is 1. The molecule has 1 aliphatic heterocycles. The van der Waals surface area contributed by atoms with E-state index in [1.54, 1.807) is 18.2 Å². The van der Waals surface area contributed by atoms with Crippen molar-refractivity contribution in [2.24, 2.45) is 10.7 Å². The van der Waals surface area contributed by atoms with E-state index in [1.807, 2.05) is 28.8 Å². The van der Waals surface area contributed by atoms with Crippen LogP contribution in [0.3, 0.4) is 0 Å². The number of benzene rings is 2. The van der Waals surface area contributed by atoms with Crippen LogP contribution in [-0.4, -0.2) is 20.6 Å². The molecule has 7 heteroatoms. The number of aromatic hydroxyl groups is 1. The predicted molar refractivity (Wildman–Crippen MR) is 86.2 cm³/mol. The second-order valence-corrected chi connectivity index (χ2v) is 5.43. The molecule has 0 spiro atoms. The molecule has 0 amide bonds. The van der Waals surface area contributed by atoms with E-state index in [9.17, 15) is 5.11 Å². The molecule has 110 valence electrons. The summed E-state index contributed by atoms with van der Waals surface area (Å²) in [6.45, 7) is 0. The second kappa shape index (κ2) is 4.64. The van der Waals surface area contributed by atoms with Crippen molar-refractivity contribution in [1.29, 1.82) is 0 Å². The van der Waals surface area contributed by atoms with Crippen LogP contribution in [0.1, 0.15) is 11.7 Å². The van der Waals surface area contributed by atoms with Crippen molar-refractivity contribution < 1.29 is 5.11 Å². The van der Waals surface area contributed by atoms with Gasteiger partial charge >= 0.3 is 0 Å². The third kappa shape index (κ3) is 1.88. The van der Waals surface area contributed by atoms with Crippen molar-refractivity contribution in [3.8, 4) is 5.75 Å². The number of rotatable bonds is 1. The summed E-state index contributed by atoms with van der Waals surface area (Å²) < 4.78 is 1.95. The van der Waals surface area contributed by atoms with Gasteiger partial charge in [0.25, 0.3) is 0 Å². The van der Waals surface area contributed by atoms with Gasteiger partial charge in [-0.1, -0.05) is 29.8 Å². The highest BCUT2D eigenvalue weighted by Crippen LogP contribution is 2.34. The molecule has 1 aromatic heterocycles. The lowest BCUT2D eigenvalue weighted by atomic mass is 10.1. The Morgan fingerprint density at radius 2 is 2.05 bits per heavy atom. The van der Waals surface area contributed by atoms with Crippen molar-refractivity contribution >= 4 is 34.5 Å².